The highest BCUT2D eigenvalue weighted by Crippen LogP contribution is 2.05. The van der Waals surface area contributed by atoms with E-state index < -0.39 is 0 Å². The van der Waals surface area contributed by atoms with Gasteiger partial charge in [-0.25, -0.2) is 9.36 Å². The summed E-state index contributed by atoms with van der Waals surface area (Å²) in [5, 5.41) is 8.56. The van der Waals surface area contributed by atoms with Gasteiger partial charge in [-0.1, -0.05) is 0 Å². The molecule has 2 aromatic rings. The molecule has 0 spiro atoms. The Labute approximate surface area is 136 Å². The van der Waals surface area contributed by atoms with Crippen molar-refractivity contribution in [3.05, 3.63) is 40.9 Å². The molecule has 0 amide bonds. The van der Waals surface area contributed by atoms with Gasteiger partial charge in [0.2, 0.25) is 0 Å². The van der Waals surface area contributed by atoms with Gasteiger partial charge in [0.05, 0.1) is 6.54 Å². The van der Waals surface area contributed by atoms with Crippen LogP contribution >= 0.6 is 0 Å². The van der Waals surface area contributed by atoms with Crippen molar-refractivity contribution in [2.45, 2.75) is 26.4 Å². The third kappa shape index (κ3) is 3.86. The van der Waals surface area contributed by atoms with Gasteiger partial charge in [0, 0.05) is 57.2 Å². The Morgan fingerprint density at radius 2 is 1.91 bits per heavy atom. The molecule has 0 aliphatic carbocycles. The summed E-state index contributed by atoms with van der Waals surface area (Å²) < 4.78 is 3.20. The lowest BCUT2D eigenvalue weighted by atomic mass is 10.2. The molecule has 1 saturated heterocycles. The zero-order valence-corrected chi connectivity index (χ0v) is 13.8. The van der Waals surface area contributed by atoms with Gasteiger partial charge in [-0.15, -0.1) is 5.10 Å². The van der Waals surface area contributed by atoms with Crippen LogP contribution in [0.25, 0.3) is 5.82 Å². The highest BCUT2D eigenvalue weighted by atomic mass is 16.1. The number of aromatic nitrogens is 4. The fourth-order valence-corrected chi connectivity index (χ4v) is 2.86. The van der Waals surface area contributed by atoms with E-state index in [1.54, 1.807) is 23.0 Å². The topological polar surface area (TPSA) is 59.2 Å². The second-order valence-electron chi connectivity index (χ2n) is 6.17. The largest absolute Gasteiger partial charge is 0.299 e. The molecule has 7 nitrogen and oxygen atoms in total. The summed E-state index contributed by atoms with van der Waals surface area (Å²) in [5.41, 5.74) is -0.0678. The summed E-state index contributed by atoms with van der Waals surface area (Å²) in [6, 6.07) is 5.70. The molecule has 0 bridgehead atoms. The second-order valence-corrected chi connectivity index (χ2v) is 6.17. The Morgan fingerprint density at radius 1 is 1.13 bits per heavy atom. The van der Waals surface area contributed by atoms with Crippen LogP contribution in [0.4, 0.5) is 0 Å². The maximum Gasteiger partial charge on any atom is 0.266 e. The summed E-state index contributed by atoms with van der Waals surface area (Å²) in [7, 11) is 0. The third-order valence-electron chi connectivity index (χ3n) is 4.36. The number of nitrogens with zero attached hydrogens (tertiary/aromatic N) is 6. The normalized spacial score (nSPS) is 17.0. The fraction of sp³-hybridized carbons (Fsp3) is 0.562. The van der Waals surface area contributed by atoms with Crippen molar-refractivity contribution in [3.8, 4) is 5.82 Å². The second kappa shape index (κ2) is 7.06. The van der Waals surface area contributed by atoms with E-state index in [9.17, 15) is 4.79 Å². The quantitative estimate of drug-likeness (QED) is 0.802. The van der Waals surface area contributed by atoms with E-state index in [1.165, 1.54) is 4.68 Å². The van der Waals surface area contributed by atoms with Gasteiger partial charge in [-0.2, -0.15) is 5.10 Å². The van der Waals surface area contributed by atoms with E-state index in [1.807, 2.05) is 12.3 Å². The summed E-state index contributed by atoms with van der Waals surface area (Å²) in [6.07, 6.45) is 3.52. The molecular weight excluding hydrogens is 292 g/mol. The predicted molar refractivity (Wildman–Crippen MR) is 88.8 cm³/mol. The SMILES string of the molecule is CC(C)N1CCN(CCn2nc(-n3cccn3)ccc2=O)CC1. The van der Waals surface area contributed by atoms with E-state index in [0.29, 0.717) is 18.4 Å². The zero-order chi connectivity index (χ0) is 16.2. The smallest absolute Gasteiger partial charge is 0.266 e. The minimum absolute atomic E-state index is 0.0678. The maximum absolute atomic E-state index is 12.0. The molecule has 1 aliphatic heterocycles. The van der Waals surface area contributed by atoms with Gasteiger partial charge in [0.25, 0.3) is 5.56 Å². The Kier molecular flexibility index (Phi) is 4.88. The first kappa shape index (κ1) is 15.9. The first-order valence-corrected chi connectivity index (χ1v) is 8.18. The highest BCUT2D eigenvalue weighted by Gasteiger charge is 2.18. The van der Waals surface area contributed by atoms with Crippen molar-refractivity contribution in [1.29, 1.82) is 0 Å². The molecule has 7 heteroatoms. The lowest BCUT2D eigenvalue weighted by Gasteiger charge is -2.36. The van der Waals surface area contributed by atoms with Crippen molar-refractivity contribution in [2.24, 2.45) is 0 Å². The lowest BCUT2D eigenvalue weighted by molar-refractivity contribution is 0.105. The average Bonchev–Trinajstić information content (AvgIpc) is 3.09. The minimum Gasteiger partial charge on any atom is -0.299 e. The molecule has 0 N–H and O–H groups in total. The van der Waals surface area contributed by atoms with Crippen molar-refractivity contribution < 1.29 is 0 Å². The molecule has 1 aliphatic rings. The van der Waals surface area contributed by atoms with Crippen LogP contribution in [0.15, 0.2) is 35.4 Å². The minimum atomic E-state index is -0.0678. The molecule has 0 aromatic carbocycles. The standard InChI is InChI=1S/C16H24N6O/c1-14(2)20-11-8-19(9-12-20)10-13-22-16(23)5-4-15(18-22)21-7-3-6-17-21/h3-7,14H,8-13H2,1-2H3. The highest BCUT2D eigenvalue weighted by molar-refractivity contribution is 5.17. The molecule has 3 heterocycles. The van der Waals surface area contributed by atoms with E-state index in [0.717, 1.165) is 32.7 Å². The van der Waals surface area contributed by atoms with Crippen LogP contribution in [0.5, 0.6) is 0 Å². The van der Waals surface area contributed by atoms with Crippen LogP contribution in [-0.4, -0.2) is 68.1 Å². The Balaban J connectivity index is 1.60. The Bertz CT molecular complexity index is 670. The first-order chi connectivity index (χ1) is 11.1. The number of hydrogen-bond acceptors (Lipinski definition) is 5. The predicted octanol–water partition coefficient (Wildman–Crippen LogP) is 0.455. The first-order valence-electron chi connectivity index (χ1n) is 8.18. The van der Waals surface area contributed by atoms with Crippen molar-refractivity contribution in [1.82, 2.24) is 29.4 Å². The lowest BCUT2D eigenvalue weighted by Crippen LogP contribution is -2.49. The average molecular weight is 316 g/mol. The van der Waals surface area contributed by atoms with E-state index in [-0.39, 0.29) is 5.56 Å². The third-order valence-corrected chi connectivity index (χ3v) is 4.36. The molecule has 0 unspecified atom stereocenters. The van der Waals surface area contributed by atoms with Crippen LogP contribution in [0, 0.1) is 0 Å². The summed E-state index contributed by atoms with van der Waals surface area (Å²) in [6.45, 7) is 10.2. The van der Waals surface area contributed by atoms with Gasteiger partial charge in [0.1, 0.15) is 0 Å². The summed E-state index contributed by atoms with van der Waals surface area (Å²) in [5.74, 6) is 0.666. The molecule has 0 saturated carbocycles. The Hall–Kier alpha value is -1.99. The van der Waals surface area contributed by atoms with Crippen molar-refractivity contribution in [2.75, 3.05) is 32.7 Å². The van der Waals surface area contributed by atoms with Gasteiger partial charge in [0.15, 0.2) is 5.82 Å². The van der Waals surface area contributed by atoms with Gasteiger partial charge < -0.3 is 0 Å². The van der Waals surface area contributed by atoms with Gasteiger partial charge in [-0.3, -0.25) is 14.6 Å². The molecule has 0 atom stereocenters. The van der Waals surface area contributed by atoms with Crippen molar-refractivity contribution >= 4 is 0 Å². The van der Waals surface area contributed by atoms with Crippen molar-refractivity contribution in [3.63, 3.8) is 0 Å². The van der Waals surface area contributed by atoms with Crippen LogP contribution in [0.2, 0.25) is 0 Å². The monoisotopic (exact) mass is 316 g/mol. The van der Waals surface area contributed by atoms with Gasteiger partial charge >= 0.3 is 0 Å². The number of piperazine rings is 1. The van der Waals surface area contributed by atoms with Gasteiger partial charge in [-0.05, 0) is 26.0 Å². The van der Waals surface area contributed by atoms with E-state index >= 15 is 0 Å². The molecule has 0 radical (unpaired) electrons. The number of hydrogen-bond donors (Lipinski definition) is 0. The molecule has 3 rings (SSSR count). The maximum atomic E-state index is 12.0. The molecule has 23 heavy (non-hydrogen) atoms. The Morgan fingerprint density at radius 3 is 2.57 bits per heavy atom. The zero-order valence-electron chi connectivity index (χ0n) is 13.8. The van der Waals surface area contributed by atoms with Crippen LogP contribution in [-0.2, 0) is 6.54 Å². The number of rotatable bonds is 5. The van der Waals surface area contributed by atoms with E-state index in [2.05, 4.69) is 33.8 Å². The molecule has 1 fully saturated rings. The molecule has 2 aromatic heterocycles. The summed E-state index contributed by atoms with van der Waals surface area (Å²) in [4.78, 5) is 16.9. The molecular formula is C16H24N6O. The van der Waals surface area contributed by atoms with Crippen LogP contribution < -0.4 is 5.56 Å². The molecule has 124 valence electrons. The summed E-state index contributed by atoms with van der Waals surface area (Å²) >= 11 is 0. The van der Waals surface area contributed by atoms with E-state index in [4.69, 9.17) is 0 Å². The fourth-order valence-electron chi connectivity index (χ4n) is 2.86. The van der Waals surface area contributed by atoms with Crippen LogP contribution in [0.3, 0.4) is 0 Å². The van der Waals surface area contributed by atoms with Crippen LogP contribution in [0.1, 0.15) is 13.8 Å².